The second-order valence-corrected chi connectivity index (χ2v) is 23.3. The number of aliphatic hydroxyl groups excluding tert-OH is 1. The first kappa shape index (κ1) is 49.1. The van der Waals surface area contributed by atoms with Gasteiger partial charge in [0, 0.05) is 32.8 Å². The van der Waals surface area contributed by atoms with Crippen LogP contribution in [0.2, 0.25) is 0 Å². The molecule has 0 spiro atoms. The van der Waals surface area contributed by atoms with Crippen LogP contribution in [0, 0.1) is 0 Å². The van der Waals surface area contributed by atoms with E-state index in [4.69, 9.17) is 18.9 Å². The second-order valence-electron chi connectivity index (χ2n) is 20.6. The molecule has 0 saturated carbocycles. The predicted octanol–water partition coefficient (Wildman–Crippen LogP) is 14.5. The van der Waals surface area contributed by atoms with Crippen LogP contribution < -0.4 is 9.47 Å². The van der Waals surface area contributed by atoms with E-state index in [0.717, 1.165) is 68.8 Å². The number of aliphatic hydroxyl groups is 1. The Labute approximate surface area is 426 Å². The maximum absolute atomic E-state index is 11.4. The number of hydrogen-bond acceptors (Lipinski definition) is 7. The van der Waals surface area contributed by atoms with Crippen LogP contribution in [0.15, 0.2) is 146 Å². The highest BCUT2D eigenvalue weighted by atomic mass is 32.2. The standard InChI is InChI=1S/C63H72O5S2/c1-7-60(8-2,45-19-23-47(24-20-45)63(36-44(6)57-16-12-14-18-59(57)63)50-29-33-53(34-30-50)66-39-54-41-69-54)67-38-51(64)37-65-52-31-27-49(28-32-52)62(35-43(5)56-15-11-13-17-58(56)62)48-25-21-46(22-26-48)61(9-3,10-4)68-40-55-42-70-55/h11-34,43-44,51,54-55,64H,7-10,35-42H2,1-6H3. The van der Waals surface area contributed by atoms with Crippen LogP contribution >= 0.6 is 23.5 Å². The van der Waals surface area contributed by atoms with Crippen molar-refractivity contribution in [3.63, 3.8) is 0 Å². The molecule has 5 nitrogen and oxygen atoms in total. The molecule has 10 rings (SSSR count). The Morgan fingerprint density at radius 3 is 1.31 bits per heavy atom. The molecular weight excluding hydrogens is 901 g/mol. The molecule has 2 saturated heterocycles. The quantitative estimate of drug-likeness (QED) is 0.0680. The normalized spacial score (nSPS) is 23.9. The fraction of sp³-hybridized carbons (Fsp3) is 0.429. The van der Waals surface area contributed by atoms with Crippen LogP contribution in [-0.2, 0) is 31.5 Å². The van der Waals surface area contributed by atoms with Gasteiger partial charge >= 0.3 is 0 Å². The highest BCUT2D eigenvalue weighted by Gasteiger charge is 2.47. The Kier molecular flexibility index (Phi) is 14.4. The zero-order valence-electron chi connectivity index (χ0n) is 42.1. The fourth-order valence-corrected chi connectivity index (χ4v) is 13.2. The Balaban J connectivity index is 0.834. The molecule has 0 aromatic heterocycles. The first-order valence-corrected chi connectivity index (χ1v) is 28.3. The lowest BCUT2D eigenvalue weighted by molar-refractivity contribution is -0.0961. The molecule has 6 aromatic carbocycles. The van der Waals surface area contributed by atoms with E-state index in [1.54, 1.807) is 0 Å². The second kappa shape index (κ2) is 20.5. The molecule has 0 bridgehead atoms. The van der Waals surface area contributed by atoms with Gasteiger partial charge in [0.1, 0.15) is 30.8 Å². The first-order chi connectivity index (χ1) is 34.1. The Hall–Kier alpha value is -4.50. The maximum atomic E-state index is 11.4. The van der Waals surface area contributed by atoms with Crippen LogP contribution in [0.25, 0.3) is 0 Å². The van der Waals surface area contributed by atoms with E-state index >= 15 is 0 Å². The molecule has 1 N–H and O–H groups in total. The molecule has 0 amide bonds. The van der Waals surface area contributed by atoms with Crippen LogP contribution in [0.3, 0.4) is 0 Å². The largest absolute Gasteiger partial charge is 0.492 e. The lowest BCUT2D eigenvalue weighted by Gasteiger charge is -2.36. The smallest absolute Gasteiger partial charge is 0.119 e. The van der Waals surface area contributed by atoms with Gasteiger partial charge in [-0.3, -0.25) is 0 Å². The van der Waals surface area contributed by atoms with E-state index in [2.05, 4.69) is 187 Å². The van der Waals surface area contributed by atoms with E-state index in [-0.39, 0.29) is 29.6 Å². The SMILES string of the molecule is CCC(CC)(OCC(O)COc1ccc(C2(c3ccc(C(CC)(CC)OCC4CS4)cc3)CC(C)c3ccccc32)cc1)c1ccc(C2(c3ccc(OCC4CS4)cc3)CC(C)c3ccccc32)cc1. The van der Waals surface area contributed by atoms with E-state index in [1.165, 1.54) is 61.6 Å². The molecule has 2 heterocycles. The van der Waals surface area contributed by atoms with Gasteiger partial charge in [-0.25, -0.2) is 0 Å². The van der Waals surface area contributed by atoms with Crippen molar-refractivity contribution in [2.75, 3.05) is 37.9 Å². The van der Waals surface area contributed by atoms with Gasteiger partial charge in [-0.1, -0.05) is 163 Å². The molecular formula is C63H72O5S2. The molecule has 7 atom stereocenters. The third kappa shape index (κ3) is 9.28. The number of fused-ring (bicyclic) bond motifs is 2. The predicted molar refractivity (Wildman–Crippen MR) is 290 cm³/mol. The number of hydrogen-bond donors (Lipinski definition) is 1. The van der Waals surface area contributed by atoms with E-state index in [1.807, 2.05) is 23.5 Å². The van der Waals surface area contributed by atoms with Crippen molar-refractivity contribution in [1.82, 2.24) is 0 Å². The first-order valence-electron chi connectivity index (χ1n) is 26.2. The van der Waals surface area contributed by atoms with Crippen molar-refractivity contribution in [3.05, 3.63) is 201 Å². The highest BCUT2D eigenvalue weighted by Crippen LogP contribution is 2.56. The zero-order valence-corrected chi connectivity index (χ0v) is 43.8. The fourth-order valence-electron chi connectivity index (χ4n) is 12.4. The summed E-state index contributed by atoms with van der Waals surface area (Å²) in [6.07, 6.45) is 4.64. The summed E-state index contributed by atoms with van der Waals surface area (Å²) in [6, 6.07) is 54.0. The average Bonchev–Trinajstić information content (AvgIpc) is 4.37. The Morgan fingerprint density at radius 2 is 0.886 bits per heavy atom. The molecule has 6 aromatic rings. The summed E-state index contributed by atoms with van der Waals surface area (Å²) < 4.78 is 25.9. The van der Waals surface area contributed by atoms with Crippen LogP contribution in [0.4, 0.5) is 0 Å². The number of thioether (sulfide) groups is 2. The van der Waals surface area contributed by atoms with Crippen LogP contribution in [0.5, 0.6) is 11.5 Å². The van der Waals surface area contributed by atoms with Crippen molar-refractivity contribution in [3.8, 4) is 11.5 Å². The van der Waals surface area contributed by atoms with E-state index in [9.17, 15) is 5.11 Å². The highest BCUT2D eigenvalue weighted by molar-refractivity contribution is 8.07. The lowest BCUT2D eigenvalue weighted by Crippen LogP contribution is -2.34. The lowest BCUT2D eigenvalue weighted by atomic mass is 9.69. The molecule has 2 fully saturated rings. The summed E-state index contributed by atoms with van der Waals surface area (Å²) in [5.41, 5.74) is 11.7. The summed E-state index contributed by atoms with van der Waals surface area (Å²) in [5, 5.41) is 12.7. The third-order valence-corrected chi connectivity index (χ3v) is 18.6. The van der Waals surface area contributed by atoms with Gasteiger partial charge in [-0.2, -0.15) is 23.5 Å². The summed E-state index contributed by atoms with van der Waals surface area (Å²) in [7, 11) is 0. The third-order valence-electron chi connectivity index (χ3n) is 16.7. The van der Waals surface area contributed by atoms with Crippen molar-refractivity contribution in [1.29, 1.82) is 0 Å². The monoisotopic (exact) mass is 972 g/mol. The van der Waals surface area contributed by atoms with Gasteiger partial charge < -0.3 is 24.1 Å². The molecule has 2 aliphatic carbocycles. The van der Waals surface area contributed by atoms with E-state index in [0.29, 0.717) is 22.3 Å². The minimum atomic E-state index is -0.802. The molecule has 70 heavy (non-hydrogen) atoms. The minimum absolute atomic E-state index is 0.135. The number of rotatable bonds is 22. The molecule has 2 aliphatic heterocycles. The van der Waals surface area contributed by atoms with Gasteiger partial charge in [0.2, 0.25) is 0 Å². The van der Waals surface area contributed by atoms with Gasteiger partial charge in [0.05, 0.1) is 24.4 Å². The van der Waals surface area contributed by atoms with Gasteiger partial charge in [0.15, 0.2) is 0 Å². The van der Waals surface area contributed by atoms with Crippen molar-refractivity contribution in [2.45, 2.75) is 131 Å². The maximum Gasteiger partial charge on any atom is 0.119 e. The van der Waals surface area contributed by atoms with Gasteiger partial charge in [-0.05, 0) is 130 Å². The summed E-state index contributed by atoms with van der Waals surface area (Å²) in [5.74, 6) is 4.91. The van der Waals surface area contributed by atoms with Gasteiger partial charge in [-0.15, -0.1) is 0 Å². The summed E-state index contributed by atoms with van der Waals surface area (Å²) in [4.78, 5) is 0. The van der Waals surface area contributed by atoms with E-state index < -0.39 is 11.7 Å². The summed E-state index contributed by atoms with van der Waals surface area (Å²) in [6.45, 7) is 15.5. The molecule has 366 valence electrons. The van der Waals surface area contributed by atoms with Crippen molar-refractivity contribution < 1.29 is 24.1 Å². The molecule has 0 radical (unpaired) electrons. The van der Waals surface area contributed by atoms with Crippen molar-refractivity contribution in [2.24, 2.45) is 0 Å². The molecule has 7 heteroatoms. The zero-order chi connectivity index (χ0) is 48.5. The van der Waals surface area contributed by atoms with Gasteiger partial charge in [0.25, 0.3) is 0 Å². The Bertz CT molecular complexity index is 2680. The van der Waals surface area contributed by atoms with Crippen LogP contribution in [-0.4, -0.2) is 59.6 Å². The molecule has 7 unspecified atom stereocenters. The Morgan fingerprint density at radius 1 is 0.500 bits per heavy atom. The van der Waals surface area contributed by atoms with Crippen LogP contribution in [0.1, 0.15) is 148 Å². The van der Waals surface area contributed by atoms with Crippen molar-refractivity contribution >= 4 is 23.5 Å². The minimum Gasteiger partial charge on any atom is -0.492 e. The number of ether oxygens (including phenoxy) is 4. The topological polar surface area (TPSA) is 57.2 Å². The molecule has 4 aliphatic rings. The average molecular weight is 973 g/mol. The number of benzene rings is 6. The summed E-state index contributed by atoms with van der Waals surface area (Å²) >= 11 is 3.95.